The summed E-state index contributed by atoms with van der Waals surface area (Å²) < 4.78 is 36.4. The van der Waals surface area contributed by atoms with E-state index in [0.717, 1.165) is 18.3 Å². The Morgan fingerprint density at radius 3 is 2.62 bits per heavy atom. The van der Waals surface area contributed by atoms with Crippen molar-refractivity contribution in [2.45, 2.75) is 13.1 Å². The quantitative estimate of drug-likeness (QED) is 0.566. The van der Waals surface area contributed by atoms with E-state index in [2.05, 4.69) is 16.8 Å². The van der Waals surface area contributed by atoms with E-state index in [0.29, 0.717) is 0 Å². The minimum Gasteiger partial charge on any atom is -0.248 e. The number of nitrogens with zero attached hydrogens (tertiary/aromatic N) is 1. The van der Waals surface area contributed by atoms with Crippen LogP contribution in [0.1, 0.15) is 18.2 Å². The average Bonchev–Trinajstić information content (AvgIpc) is 2.04. The van der Waals surface area contributed by atoms with E-state index in [9.17, 15) is 13.2 Å². The fourth-order valence-electron chi connectivity index (χ4n) is 0.803. The van der Waals surface area contributed by atoms with Crippen molar-refractivity contribution in [3.63, 3.8) is 0 Å². The van der Waals surface area contributed by atoms with E-state index in [1.54, 1.807) is 6.92 Å². The smallest absolute Gasteiger partial charge is 0.248 e. The van der Waals surface area contributed by atoms with Gasteiger partial charge < -0.3 is 0 Å². The summed E-state index contributed by atoms with van der Waals surface area (Å²) in [5.74, 6) is 4.94. The van der Waals surface area contributed by atoms with Gasteiger partial charge in [0.2, 0.25) is 0 Å². The van der Waals surface area contributed by atoms with Gasteiger partial charge in [0.1, 0.15) is 5.69 Å². The van der Waals surface area contributed by atoms with Crippen LogP contribution in [0.4, 0.5) is 13.2 Å². The van der Waals surface area contributed by atoms with Gasteiger partial charge in [-0.3, -0.25) is 0 Å². The van der Waals surface area contributed by atoms with Crippen molar-refractivity contribution in [2.24, 2.45) is 0 Å². The Labute approximate surface area is 73.6 Å². The first-order valence-corrected chi connectivity index (χ1v) is 3.50. The third-order valence-corrected chi connectivity index (χ3v) is 1.34. The molecule has 0 saturated heterocycles. The van der Waals surface area contributed by atoms with Crippen molar-refractivity contribution in [3.8, 4) is 11.8 Å². The van der Waals surface area contributed by atoms with Gasteiger partial charge >= 0.3 is 6.18 Å². The maximum atomic E-state index is 12.1. The highest BCUT2D eigenvalue weighted by Crippen LogP contribution is 2.28. The molecule has 13 heavy (non-hydrogen) atoms. The summed E-state index contributed by atoms with van der Waals surface area (Å²) in [5, 5.41) is 0. The third-order valence-electron chi connectivity index (χ3n) is 1.34. The number of alkyl halides is 3. The van der Waals surface area contributed by atoms with E-state index >= 15 is 0 Å². The molecule has 0 bridgehead atoms. The third kappa shape index (κ3) is 2.48. The molecule has 1 nitrogen and oxygen atoms in total. The van der Waals surface area contributed by atoms with Crippen LogP contribution in [0.25, 0.3) is 0 Å². The van der Waals surface area contributed by atoms with Crippen LogP contribution in [-0.2, 0) is 6.18 Å². The number of halogens is 3. The van der Waals surface area contributed by atoms with Crippen LogP contribution in [0.2, 0.25) is 0 Å². The predicted octanol–water partition coefficient (Wildman–Crippen LogP) is 2.47. The first-order chi connectivity index (χ1) is 6.04. The van der Waals surface area contributed by atoms with E-state index in [1.807, 2.05) is 0 Å². The highest BCUT2D eigenvalue weighted by Gasteiger charge is 2.30. The molecule has 0 aromatic carbocycles. The molecule has 0 atom stereocenters. The lowest BCUT2D eigenvalue weighted by atomic mass is 10.2. The molecule has 1 aromatic heterocycles. The van der Waals surface area contributed by atoms with Crippen molar-refractivity contribution < 1.29 is 13.2 Å². The molecule has 0 aliphatic heterocycles. The van der Waals surface area contributed by atoms with Crippen molar-refractivity contribution in [1.29, 1.82) is 0 Å². The highest BCUT2D eigenvalue weighted by atomic mass is 19.4. The second kappa shape index (κ2) is 3.48. The average molecular weight is 185 g/mol. The Morgan fingerprint density at radius 1 is 1.38 bits per heavy atom. The maximum Gasteiger partial charge on any atom is 0.416 e. The van der Waals surface area contributed by atoms with E-state index in [4.69, 9.17) is 0 Å². The Balaban J connectivity index is 3.10. The standard InChI is InChI=1S/C9H6F3N/c1-2-3-8-6-7(4-5-13-8)9(10,11)12/h4-6H,1H3. The summed E-state index contributed by atoms with van der Waals surface area (Å²) >= 11 is 0. The number of aromatic nitrogens is 1. The zero-order valence-corrected chi connectivity index (χ0v) is 6.81. The van der Waals surface area contributed by atoms with Crippen LogP contribution in [-0.4, -0.2) is 4.98 Å². The summed E-state index contributed by atoms with van der Waals surface area (Å²) in [6.45, 7) is 1.54. The minimum atomic E-state index is -4.33. The second-order valence-corrected chi connectivity index (χ2v) is 2.30. The Hall–Kier alpha value is -1.50. The van der Waals surface area contributed by atoms with Gasteiger partial charge in [-0.2, -0.15) is 13.2 Å². The van der Waals surface area contributed by atoms with Gasteiger partial charge in [0.15, 0.2) is 0 Å². The second-order valence-electron chi connectivity index (χ2n) is 2.30. The molecular weight excluding hydrogens is 179 g/mol. The van der Waals surface area contributed by atoms with E-state index < -0.39 is 11.7 Å². The van der Waals surface area contributed by atoms with Gasteiger partial charge in [0.25, 0.3) is 0 Å². The van der Waals surface area contributed by atoms with Gasteiger partial charge in [0.05, 0.1) is 5.56 Å². The fourth-order valence-corrected chi connectivity index (χ4v) is 0.803. The lowest BCUT2D eigenvalue weighted by molar-refractivity contribution is -0.137. The highest BCUT2D eigenvalue weighted by molar-refractivity contribution is 5.31. The minimum absolute atomic E-state index is 0.136. The largest absolute Gasteiger partial charge is 0.416 e. The molecule has 0 aliphatic rings. The molecule has 0 aliphatic carbocycles. The van der Waals surface area contributed by atoms with Crippen molar-refractivity contribution in [3.05, 3.63) is 29.6 Å². The van der Waals surface area contributed by atoms with Gasteiger partial charge in [-0.15, -0.1) is 0 Å². The first kappa shape index (κ1) is 9.59. The summed E-state index contributed by atoms with van der Waals surface area (Å²) in [7, 11) is 0. The molecule has 0 saturated carbocycles. The van der Waals surface area contributed by atoms with E-state index in [1.165, 1.54) is 0 Å². The Bertz CT molecular complexity index is 357. The molecule has 0 spiro atoms. The van der Waals surface area contributed by atoms with Crippen LogP contribution in [0, 0.1) is 11.8 Å². The molecule has 4 heteroatoms. The van der Waals surface area contributed by atoms with Crippen molar-refractivity contribution >= 4 is 0 Å². The topological polar surface area (TPSA) is 12.9 Å². The maximum absolute atomic E-state index is 12.1. The van der Waals surface area contributed by atoms with Gasteiger partial charge in [-0.1, -0.05) is 5.92 Å². The molecule has 0 fully saturated rings. The Kier molecular flexibility index (Phi) is 2.57. The Morgan fingerprint density at radius 2 is 2.08 bits per heavy atom. The van der Waals surface area contributed by atoms with E-state index in [-0.39, 0.29) is 5.69 Å². The molecular formula is C9H6F3N. The molecule has 68 valence electrons. The number of hydrogen-bond donors (Lipinski definition) is 0. The molecule has 1 aromatic rings. The summed E-state index contributed by atoms with van der Waals surface area (Å²) in [6.07, 6.45) is -3.23. The van der Waals surface area contributed by atoms with Gasteiger partial charge in [-0.05, 0) is 25.0 Å². The van der Waals surface area contributed by atoms with Crippen molar-refractivity contribution in [2.75, 3.05) is 0 Å². The number of hydrogen-bond acceptors (Lipinski definition) is 1. The lowest BCUT2D eigenvalue weighted by Gasteiger charge is -2.05. The van der Waals surface area contributed by atoms with Crippen LogP contribution < -0.4 is 0 Å². The summed E-state index contributed by atoms with van der Waals surface area (Å²) in [5.41, 5.74) is -0.586. The van der Waals surface area contributed by atoms with Crippen LogP contribution in [0.15, 0.2) is 18.3 Å². The number of rotatable bonds is 0. The van der Waals surface area contributed by atoms with Gasteiger partial charge in [-0.25, -0.2) is 4.98 Å². The normalized spacial score (nSPS) is 10.5. The number of pyridine rings is 1. The molecule has 0 radical (unpaired) electrons. The molecule has 1 rings (SSSR count). The van der Waals surface area contributed by atoms with Crippen LogP contribution in [0.3, 0.4) is 0 Å². The molecule has 1 heterocycles. The van der Waals surface area contributed by atoms with Crippen LogP contribution >= 0.6 is 0 Å². The lowest BCUT2D eigenvalue weighted by Crippen LogP contribution is -2.05. The first-order valence-electron chi connectivity index (χ1n) is 3.50. The predicted molar refractivity (Wildman–Crippen MR) is 41.8 cm³/mol. The van der Waals surface area contributed by atoms with Crippen molar-refractivity contribution in [1.82, 2.24) is 4.98 Å². The fraction of sp³-hybridized carbons (Fsp3) is 0.222. The molecule has 0 amide bonds. The SMILES string of the molecule is CC#Cc1cc(C(F)(F)F)ccn1. The summed E-state index contributed by atoms with van der Waals surface area (Å²) in [6, 6.07) is 1.84. The van der Waals surface area contributed by atoms with Crippen LogP contribution in [0.5, 0.6) is 0 Å². The monoisotopic (exact) mass is 185 g/mol. The zero-order chi connectivity index (χ0) is 9.90. The van der Waals surface area contributed by atoms with Gasteiger partial charge in [0, 0.05) is 6.20 Å². The zero-order valence-electron chi connectivity index (χ0n) is 6.81. The summed E-state index contributed by atoms with van der Waals surface area (Å²) in [4.78, 5) is 3.67. The molecule has 0 N–H and O–H groups in total. The molecule has 0 unspecified atom stereocenters.